The number of halogens is 2. The molecule has 0 heterocycles. The number of nitrogens with one attached hydrogen (secondary N) is 1. The largest absolute Gasteiger partial charge is 0.480 e. The second-order valence-corrected chi connectivity index (χ2v) is 4.73. The molecule has 0 spiro atoms. The average Bonchev–Trinajstić information content (AvgIpc) is 2.50. The lowest BCUT2D eigenvalue weighted by Crippen LogP contribution is -2.41. The van der Waals surface area contributed by atoms with Crippen molar-refractivity contribution in [1.29, 1.82) is 0 Å². The normalized spacial score (nSPS) is 12.0. The molecule has 0 fully saturated rings. The summed E-state index contributed by atoms with van der Waals surface area (Å²) < 4.78 is 31.6. The Morgan fingerprint density at radius 1 is 1.29 bits per heavy atom. The molecule has 0 unspecified atom stereocenters. The van der Waals surface area contributed by atoms with Gasteiger partial charge in [0, 0.05) is 11.6 Å². The summed E-state index contributed by atoms with van der Waals surface area (Å²) >= 11 is 0. The molecule has 130 valence electrons. The Labute approximate surface area is 137 Å². The van der Waals surface area contributed by atoms with Crippen LogP contribution in [0.4, 0.5) is 8.78 Å². The number of ether oxygens (including phenoxy) is 1. The van der Waals surface area contributed by atoms with Crippen LogP contribution in [0, 0.1) is 11.6 Å². The molecule has 6 nitrogen and oxygen atoms in total. The molecule has 1 rings (SSSR count). The highest BCUT2D eigenvalue weighted by atomic mass is 19.1. The number of esters is 1. The van der Waals surface area contributed by atoms with Gasteiger partial charge in [0.05, 0.1) is 13.0 Å². The van der Waals surface area contributed by atoms with Crippen molar-refractivity contribution in [2.45, 2.75) is 25.8 Å². The molecule has 1 aromatic carbocycles. The predicted molar refractivity (Wildman–Crippen MR) is 80.0 cm³/mol. The summed E-state index contributed by atoms with van der Waals surface area (Å²) in [6.45, 7) is 1.80. The Bertz CT molecular complexity index is 625. The number of hydrogen-bond acceptors (Lipinski definition) is 4. The second kappa shape index (κ2) is 9.39. The van der Waals surface area contributed by atoms with Gasteiger partial charge in [-0.2, -0.15) is 0 Å². The van der Waals surface area contributed by atoms with Gasteiger partial charge in [0.2, 0.25) is 5.91 Å². The van der Waals surface area contributed by atoms with E-state index in [9.17, 15) is 23.2 Å². The Hall–Kier alpha value is -2.77. The maximum atomic E-state index is 13.5. The molecule has 0 aliphatic heterocycles. The fourth-order valence-corrected chi connectivity index (χ4v) is 1.82. The molecule has 1 amide bonds. The van der Waals surface area contributed by atoms with Crippen LogP contribution in [0.5, 0.6) is 0 Å². The van der Waals surface area contributed by atoms with Gasteiger partial charge in [0.15, 0.2) is 0 Å². The van der Waals surface area contributed by atoms with Crippen LogP contribution < -0.4 is 5.32 Å². The molecule has 0 saturated heterocycles. The summed E-state index contributed by atoms with van der Waals surface area (Å²) in [6.07, 6.45) is 1.46. The molecular weight excluding hydrogens is 324 g/mol. The first-order chi connectivity index (χ1) is 11.3. The van der Waals surface area contributed by atoms with E-state index in [0.29, 0.717) is 0 Å². The Morgan fingerprint density at radius 3 is 2.46 bits per heavy atom. The van der Waals surface area contributed by atoms with Gasteiger partial charge < -0.3 is 15.2 Å². The van der Waals surface area contributed by atoms with Gasteiger partial charge in [0.25, 0.3) is 0 Å². The van der Waals surface area contributed by atoms with Crippen molar-refractivity contribution >= 4 is 17.8 Å². The van der Waals surface area contributed by atoms with E-state index in [1.807, 2.05) is 0 Å². The number of carboxylic acid groups (broad SMARTS) is 1. The molecule has 24 heavy (non-hydrogen) atoms. The molecule has 1 atom stereocenters. The monoisotopic (exact) mass is 341 g/mol. The van der Waals surface area contributed by atoms with Crippen molar-refractivity contribution in [2.75, 3.05) is 6.61 Å². The molecule has 0 saturated carbocycles. The highest BCUT2D eigenvalue weighted by Crippen LogP contribution is 2.12. The van der Waals surface area contributed by atoms with E-state index in [-0.39, 0.29) is 13.0 Å². The van der Waals surface area contributed by atoms with Crippen LogP contribution in [-0.4, -0.2) is 35.6 Å². The summed E-state index contributed by atoms with van der Waals surface area (Å²) in [5.74, 6) is -4.61. The number of benzene rings is 1. The second-order valence-electron chi connectivity index (χ2n) is 4.73. The molecule has 0 bridgehead atoms. The highest BCUT2D eigenvalue weighted by molar-refractivity contribution is 5.85. The number of hydrogen-bond donors (Lipinski definition) is 2. The van der Waals surface area contributed by atoms with Gasteiger partial charge >= 0.3 is 11.9 Å². The third-order valence-corrected chi connectivity index (χ3v) is 2.94. The van der Waals surface area contributed by atoms with Gasteiger partial charge in [-0.25, -0.2) is 18.4 Å². The molecule has 1 aromatic rings. The zero-order valence-corrected chi connectivity index (χ0v) is 12.9. The first kappa shape index (κ1) is 19.3. The standard InChI is InChI=1S/C16H17F2NO5/c1-2-24-15(21)8-4-7-13(16(22)23)19-14(20)9-10-11(17)5-3-6-12(10)18/h3-6,8,13H,2,7,9H2,1H3,(H,19,20)(H,22,23)/b8-4+/t13-/m0/s1. The van der Waals surface area contributed by atoms with E-state index in [4.69, 9.17) is 5.11 Å². The van der Waals surface area contributed by atoms with Crippen LogP contribution in [-0.2, 0) is 25.5 Å². The minimum absolute atomic E-state index is 0.177. The zero-order valence-electron chi connectivity index (χ0n) is 12.9. The van der Waals surface area contributed by atoms with Gasteiger partial charge in [-0.3, -0.25) is 4.79 Å². The topological polar surface area (TPSA) is 92.7 Å². The zero-order chi connectivity index (χ0) is 18.1. The van der Waals surface area contributed by atoms with Crippen LogP contribution in [0.3, 0.4) is 0 Å². The molecule has 0 aliphatic carbocycles. The van der Waals surface area contributed by atoms with Crippen LogP contribution in [0.2, 0.25) is 0 Å². The molecular formula is C16H17F2NO5. The smallest absolute Gasteiger partial charge is 0.330 e. The van der Waals surface area contributed by atoms with Crippen LogP contribution in [0.25, 0.3) is 0 Å². The van der Waals surface area contributed by atoms with E-state index in [1.54, 1.807) is 6.92 Å². The fourth-order valence-electron chi connectivity index (χ4n) is 1.82. The SMILES string of the molecule is CCOC(=O)/C=C/C[C@H](NC(=O)Cc1c(F)cccc1F)C(=O)O. The van der Waals surface area contributed by atoms with Crippen molar-refractivity contribution in [3.8, 4) is 0 Å². The summed E-state index contributed by atoms with van der Waals surface area (Å²) in [5.41, 5.74) is -0.443. The van der Waals surface area contributed by atoms with Gasteiger partial charge in [0.1, 0.15) is 17.7 Å². The molecule has 2 N–H and O–H groups in total. The summed E-state index contributed by atoms with van der Waals surface area (Å²) in [7, 11) is 0. The highest BCUT2D eigenvalue weighted by Gasteiger charge is 2.20. The Balaban J connectivity index is 2.66. The summed E-state index contributed by atoms with van der Waals surface area (Å²) in [5, 5.41) is 11.2. The Kier molecular flexibility index (Phi) is 7.54. The number of carboxylic acids is 1. The lowest BCUT2D eigenvalue weighted by atomic mass is 10.1. The summed E-state index contributed by atoms with van der Waals surface area (Å²) in [4.78, 5) is 34.0. The van der Waals surface area contributed by atoms with E-state index < -0.39 is 47.5 Å². The number of amides is 1. The van der Waals surface area contributed by atoms with Gasteiger partial charge in [-0.05, 0) is 25.5 Å². The van der Waals surface area contributed by atoms with E-state index >= 15 is 0 Å². The maximum Gasteiger partial charge on any atom is 0.330 e. The third-order valence-electron chi connectivity index (χ3n) is 2.94. The average molecular weight is 341 g/mol. The van der Waals surface area contributed by atoms with Crippen molar-refractivity contribution in [1.82, 2.24) is 5.32 Å². The van der Waals surface area contributed by atoms with E-state index in [1.165, 1.54) is 6.08 Å². The number of carbonyl (C=O) groups is 3. The van der Waals surface area contributed by atoms with Crippen molar-refractivity contribution in [3.63, 3.8) is 0 Å². The number of carbonyl (C=O) groups excluding carboxylic acids is 2. The number of aliphatic carboxylic acids is 1. The lowest BCUT2D eigenvalue weighted by Gasteiger charge is -2.13. The van der Waals surface area contributed by atoms with Crippen molar-refractivity contribution < 1.29 is 33.0 Å². The minimum atomic E-state index is -1.34. The predicted octanol–water partition coefficient (Wildman–Crippen LogP) is 1.59. The summed E-state index contributed by atoms with van der Waals surface area (Å²) in [6, 6.07) is 1.83. The van der Waals surface area contributed by atoms with Crippen LogP contribution in [0.15, 0.2) is 30.4 Å². The van der Waals surface area contributed by atoms with Crippen LogP contribution >= 0.6 is 0 Å². The van der Waals surface area contributed by atoms with E-state index in [0.717, 1.165) is 24.3 Å². The molecule has 0 radical (unpaired) electrons. The fraction of sp³-hybridized carbons (Fsp3) is 0.312. The minimum Gasteiger partial charge on any atom is -0.480 e. The van der Waals surface area contributed by atoms with E-state index in [2.05, 4.69) is 10.1 Å². The maximum absolute atomic E-state index is 13.5. The van der Waals surface area contributed by atoms with Gasteiger partial charge in [-0.15, -0.1) is 0 Å². The number of rotatable bonds is 8. The lowest BCUT2D eigenvalue weighted by molar-refractivity contribution is -0.141. The van der Waals surface area contributed by atoms with Crippen molar-refractivity contribution in [2.24, 2.45) is 0 Å². The van der Waals surface area contributed by atoms with Crippen LogP contribution in [0.1, 0.15) is 18.9 Å². The van der Waals surface area contributed by atoms with Gasteiger partial charge in [-0.1, -0.05) is 12.1 Å². The first-order valence-corrected chi connectivity index (χ1v) is 7.13. The Morgan fingerprint density at radius 2 is 1.92 bits per heavy atom. The third kappa shape index (κ3) is 6.15. The quantitative estimate of drug-likeness (QED) is 0.553. The molecule has 0 aromatic heterocycles. The molecule has 8 heteroatoms. The van der Waals surface area contributed by atoms with Crippen molar-refractivity contribution in [3.05, 3.63) is 47.5 Å². The molecule has 0 aliphatic rings. The first-order valence-electron chi connectivity index (χ1n) is 7.13.